The van der Waals surface area contributed by atoms with E-state index in [-0.39, 0.29) is 24.2 Å². The van der Waals surface area contributed by atoms with Gasteiger partial charge in [-0.15, -0.1) is 12.4 Å². The summed E-state index contributed by atoms with van der Waals surface area (Å²) in [5, 5.41) is 9.02. The second kappa shape index (κ2) is 7.47. The summed E-state index contributed by atoms with van der Waals surface area (Å²) in [6.45, 7) is 2.13. The predicted molar refractivity (Wildman–Crippen MR) is 66.4 cm³/mol. The smallest absolute Gasteiger partial charge is 0.165 e. The Balaban J connectivity index is 0.00000225. The van der Waals surface area contributed by atoms with Crippen molar-refractivity contribution in [3.63, 3.8) is 0 Å². The van der Waals surface area contributed by atoms with E-state index < -0.39 is 5.82 Å². The molecule has 16 heavy (non-hydrogen) atoms. The second-order valence-corrected chi connectivity index (χ2v) is 3.81. The topological polar surface area (TPSA) is 46.2 Å². The second-order valence-electron chi connectivity index (χ2n) is 3.81. The molecule has 1 aromatic carbocycles. The van der Waals surface area contributed by atoms with Crippen molar-refractivity contribution in [3.05, 3.63) is 29.6 Å². The fourth-order valence-electron chi connectivity index (χ4n) is 1.53. The number of hydrogen-bond acceptors (Lipinski definition) is 2. The average Bonchev–Trinajstić information content (AvgIpc) is 2.22. The SMILES string of the molecule is CCCCC[C@H](N)c1ccc(O)c(F)c1.Cl. The van der Waals surface area contributed by atoms with Gasteiger partial charge in [0.2, 0.25) is 0 Å². The molecule has 1 rings (SSSR count). The van der Waals surface area contributed by atoms with Crippen LogP contribution in [0.15, 0.2) is 18.2 Å². The highest BCUT2D eigenvalue weighted by Gasteiger charge is 2.08. The molecule has 0 saturated carbocycles. The summed E-state index contributed by atoms with van der Waals surface area (Å²) in [7, 11) is 0. The molecule has 1 atom stereocenters. The van der Waals surface area contributed by atoms with Gasteiger partial charge in [0.25, 0.3) is 0 Å². The maximum atomic E-state index is 13.0. The first kappa shape index (κ1) is 15.2. The number of unbranched alkanes of at least 4 members (excludes halogenated alkanes) is 2. The molecular formula is C12H19ClFNO. The fraction of sp³-hybridized carbons (Fsp3) is 0.500. The zero-order valence-corrected chi connectivity index (χ0v) is 10.3. The minimum absolute atomic E-state index is 0. The Morgan fingerprint density at radius 3 is 2.62 bits per heavy atom. The molecule has 92 valence electrons. The first-order valence-electron chi connectivity index (χ1n) is 5.39. The highest BCUT2D eigenvalue weighted by atomic mass is 35.5. The average molecular weight is 248 g/mol. The number of halogens is 2. The molecule has 0 aliphatic heterocycles. The van der Waals surface area contributed by atoms with E-state index in [1.165, 1.54) is 12.1 Å². The predicted octanol–water partition coefficient (Wildman–Crippen LogP) is 3.53. The van der Waals surface area contributed by atoms with Gasteiger partial charge in [-0.05, 0) is 24.1 Å². The van der Waals surface area contributed by atoms with Crippen molar-refractivity contribution in [1.29, 1.82) is 0 Å². The molecule has 0 aliphatic carbocycles. The molecule has 0 amide bonds. The molecule has 0 bridgehead atoms. The highest BCUT2D eigenvalue weighted by Crippen LogP contribution is 2.22. The summed E-state index contributed by atoms with van der Waals surface area (Å²) in [5.74, 6) is -0.919. The number of aromatic hydroxyl groups is 1. The van der Waals surface area contributed by atoms with Gasteiger partial charge in [-0.3, -0.25) is 0 Å². The van der Waals surface area contributed by atoms with Crippen molar-refractivity contribution < 1.29 is 9.50 Å². The Bertz CT molecular complexity index is 320. The standard InChI is InChI=1S/C12H18FNO.ClH/c1-2-3-4-5-11(14)9-6-7-12(15)10(13)8-9;/h6-8,11,15H,2-5,14H2,1H3;1H/t11-;/m0./s1. The monoisotopic (exact) mass is 247 g/mol. The Hall–Kier alpha value is -0.800. The van der Waals surface area contributed by atoms with Crippen molar-refractivity contribution in [1.82, 2.24) is 0 Å². The molecule has 0 aliphatic rings. The summed E-state index contributed by atoms with van der Waals surface area (Å²) in [6, 6.07) is 4.21. The molecule has 0 aromatic heterocycles. The third-order valence-corrected chi connectivity index (χ3v) is 2.52. The van der Waals surface area contributed by atoms with E-state index in [0.29, 0.717) is 0 Å². The van der Waals surface area contributed by atoms with Gasteiger partial charge < -0.3 is 10.8 Å². The van der Waals surface area contributed by atoms with Crippen molar-refractivity contribution >= 4 is 12.4 Å². The molecule has 0 radical (unpaired) electrons. The summed E-state index contributed by atoms with van der Waals surface area (Å²) in [5.41, 5.74) is 6.66. The van der Waals surface area contributed by atoms with Gasteiger partial charge in [-0.2, -0.15) is 0 Å². The van der Waals surface area contributed by atoms with E-state index in [9.17, 15) is 4.39 Å². The Morgan fingerprint density at radius 1 is 1.38 bits per heavy atom. The minimum Gasteiger partial charge on any atom is -0.505 e. The van der Waals surface area contributed by atoms with E-state index in [2.05, 4.69) is 6.92 Å². The third kappa shape index (κ3) is 4.37. The molecule has 1 aromatic rings. The summed E-state index contributed by atoms with van der Waals surface area (Å²) in [6.07, 6.45) is 4.21. The molecule has 0 fully saturated rings. The largest absolute Gasteiger partial charge is 0.505 e. The van der Waals surface area contributed by atoms with Gasteiger partial charge in [0.05, 0.1) is 0 Å². The quantitative estimate of drug-likeness (QED) is 0.782. The lowest BCUT2D eigenvalue weighted by molar-refractivity contribution is 0.431. The minimum atomic E-state index is -0.599. The molecule has 0 heterocycles. The number of nitrogens with two attached hydrogens (primary N) is 1. The first-order chi connectivity index (χ1) is 7.15. The van der Waals surface area contributed by atoms with Crippen LogP contribution < -0.4 is 5.73 Å². The van der Waals surface area contributed by atoms with Gasteiger partial charge in [-0.1, -0.05) is 32.3 Å². The summed E-state index contributed by atoms with van der Waals surface area (Å²) >= 11 is 0. The van der Waals surface area contributed by atoms with E-state index in [4.69, 9.17) is 10.8 Å². The first-order valence-corrected chi connectivity index (χ1v) is 5.39. The lowest BCUT2D eigenvalue weighted by atomic mass is 10.0. The summed E-state index contributed by atoms with van der Waals surface area (Å²) < 4.78 is 13.0. The number of rotatable bonds is 5. The summed E-state index contributed by atoms with van der Waals surface area (Å²) in [4.78, 5) is 0. The van der Waals surface area contributed by atoms with Gasteiger partial charge in [0.15, 0.2) is 11.6 Å². The van der Waals surface area contributed by atoms with Gasteiger partial charge in [0.1, 0.15) is 0 Å². The van der Waals surface area contributed by atoms with E-state index >= 15 is 0 Å². The van der Waals surface area contributed by atoms with Gasteiger partial charge in [-0.25, -0.2) is 4.39 Å². The highest BCUT2D eigenvalue weighted by molar-refractivity contribution is 5.85. The van der Waals surface area contributed by atoms with Crippen LogP contribution in [0.5, 0.6) is 5.75 Å². The molecule has 0 spiro atoms. The van der Waals surface area contributed by atoms with Crippen LogP contribution in [0, 0.1) is 5.82 Å². The number of benzene rings is 1. The fourth-order valence-corrected chi connectivity index (χ4v) is 1.53. The number of phenols is 1. The normalized spacial score (nSPS) is 11.9. The Labute approximate surface area is 102 Å². The van der Waals surface area contributed by atoms with E-state index in [1.807, 2.05) is 0 Å². The van der Waals surface area contributed by atoms with Crippen LogP contribution >= 0.6 is 12.4 Å². The maximum Gasteiger partial charge on any atom is 0.165 e. The van der Waals surface area contributed by atoms with Gasteiger partial charge in [0, 0.05) is 6.04 Å². The molecule has 4 heteroatoms. The maximum absolute atomic E-state index is 13.0. The van der Waals surface area contributed by atoms with Crippen molar-refractivity contribution in [2.45, 2.75) is 38.6 Å². The van der Waals surface area contributed by atoms with Crippen molar-refractivity contribution in [3.8, 4) is 5.75 Å². The third-order valence-electron chi connectivity index (χ3n) is 2.52. The number of phenolic OH excluding ortho intramolecular Hbond substituents is 1. The van der Waals surface area contributed by atoms with Crippen LogP contribution in [0.4, 0.5) is 4.39 Å². The van der Waals surface area contributed by atoms with E-state index in [0.717, 1.165) is 31.2 Å². The van der Waals surface area contributed by atoms with Gasteiger partial charge >= 0.3 is 0 Å². The zero-order valence-electron chi connectivity index (χ0n) is 9.45. The van der Waals surface area contributed by atoms with Crippen molar-refractivity contribution in [2.24, 2.45) is 5.73 Å². The van der Waals surface area contributed by atoms with Crippen LogP contribution in [-0.4, -0.2) is 5.11 Å². The molecule has 0 unspecified atom stereocenters. The molecular weight excluding hydrogens is 229 g/mol. The zero-order chi connectivity index (χ0) is 11.3. The van der Waals surface area contributed by atoms with Crippen LogP contribution in [0.3, 0.4) is 0 Å². The lowest BCUT2D eigenvalue weighted by Crippen LogP contribution is -2.10. The van der Waals surface area contributed by atoms with E-state index in [1.54, 1.807) is 6.07 Å². The Morgan fingerprint density at radius 2 is 2.06 bits per heavy atom. The van der Waals surface area contributed by atoms with Crippen LogP contribution in [0.1, 0.15) is 44.2 Å². The molecule has 2 nitrogen and oxygen atoms in total. The van der Waals surface area contributed by atoms with Crippen LogP contribution in [0.25, 0.3) is 0 Å². The number of hydrogen-bond donors (Lipinski definition) is 2. The molecule has 0 saturated heterocycles. The lowest BCUT2D eigenvalue weighted by Gasteiger charge is -2.11. The van der Waals surface area contributed by atoms with Crippen LogP contribution in [-0.2, 0) is 0 Å². The Kier molecular flexibility index (Phi) is 7.10. The van der Waals surface area contributed by atoms with Crippen molar-refractivity contribution in [2.75, 3.05) is 0 Å². The van der Waals surface area contributed by atoms with Crippen LogP contribution in [0.2, 0.25) is 0 Å². The molecule has 3 N–H and O–H groups in total.